The Kier molecular flexibility index (Phi) is 4.92. The SMILES string of the molecule is CC(C)(C)OC(=O)Nc1nccc(Cl)c1B1OC(C)(C)C(C)(C)O1. The predicted molar refractivity (Wildman–Crippen MR) is 94.8 cm³/mol. The third kappa shape index (κ3) is 4.02. The molecule has 8 heteroatoms. The van der Waals surface area contributed by atoms with Crippen molar-refractivity contribution < 1.29 is 18.8 Å². The smallest absolute Gasteiger partial charge is 0.444 e. The van der Waals surface area contributed by atoms with Gasteiger partial charge in [0.05, 0.1) is 11.2 Å². The Morgan fingerprint density at radius 2 is 1.79 bits per heavy atom. The number of aromatic nitrogens is 1. The van der Waals surface area contributed by atoms with E-state index >= 15 is 0 Å². The molecule has 0 unspecified atom stereocenters. The number of pyridine rings is 1. The van der Waals surface area contributed by atoms with Crippen LogP contribution in [0.25, 0.3) is 0 Å². The first kappa shape index (κ1) is 19.0. The summed E-state index contributed by atoms with van der Waals surface area (Å²) in [6.07, 6.45) is 0.888. The van der Waals surface area contributed by atoms with Crippen LogP contribution in [-0.2, 0) is 14.0 Å². The number of hydrogen-bond donors (Lipinski definition) is 1. The van der Waals surface area contributed by atoms with E-state index in [1.165, 1.54) is 6.20 Å². The van der Waals surface area contributed by atoms with Crippen LogP contribution in [0.1, 0.15) is 48.5 Å². The summed E-state index contributed by atoms with van der Waals surface area (Å²) in [4.78, 5) is 16.3. The zero-order chi connectivity index (χ0) is 18.3. The highest BCUT2D eigenvalue weighted by atomic mass is 35.5. The largest absolute Gasteiger partial charge is 0.500 e. The minimum Gasteiger partial charge on any atom is -0.444 e. The number of nitrogens with one attached hydrogen (secondary N) is 1. The maximum absolute atomic E-state index is 12.1. The molecule has 1 fully saturated rings. The van der Waals surface area contributed by atoms with Crippen molar-refractivity contribution in [1.29, 1.82) is 0 Å². The van der Waals surface area contributed by atoms with Gasteiger partial charge in [-0.25, -0.2) is 9.78 Å². The van der Waals surface area contributed by atoms with Gasteiger partial charge >= 0.3 is 13.2 Å². The number of carbonyl (C=O) groups excluding carboxylic acids is 1. The van der Waals surface area contributed by atoms with E-state index < -0.39 is 30.0 Å². The molecule has 0 bridgehead atoms. The molecule has 2 heterocycles. The summed E-state index contributed by atoms with van der Waals surface area (Å²) in [6, 6.07) is 1.63. The van der Waals surface area contributed by atoms with Gasteiger partial charge < -0.3 is 14.0 Å². The first-order chi connectivity index (χ1) is 10.8. The summed E-state index contributed by atoms with van der Waals surface area (Å²) in [7, 11) is -0.735. The molecule has 1 N–H and O–H groups in total. The van der Waals surface area contributed by atoms with Crippen molar-refractivity contribution in [3.05, 3.63) is 17.3 Å². The molecule has 132 valence electrons. The summed E-state index contributed by atoms with van der Waals surface area (Å²) in [5, 5.41) is 3.02. The molecule has 1 aromatic heterocycles. The monoisotopic (exact) mass is 354 g/mol. The molecule has 6 nitrogen and oxygen atoms in total. The van der Waals surface area contributed by atoms with Gasteiger partial charge in [0.25, 0.3) is 0 Å². The molecule has 1 saturated heterocycles. The number of ether oxygens (including phenoxy) is 1. The van der Waals surface area contributed by atoms with Gasteiger partial charge in [0.2, 0.25) is 0 Å². The average molecular weight is 355 g/mol. The molecule has 24 heavy (non-hydrogen) atoms. The highest BCUT2D eigenvalue weighted by Crippen LogP contribution is 2.37. The van der Waals surface area contributed by atoms with Crippen LogP contribution in [0.2, 0.25) is 5.02 Å². The zero-order valence-electron chi connectivity index (χ0n) is 15.2. The number of halogens is 1. The summed E-state index contributed by atoms with van der Waals surface area (Å²) in [5.41, 5.74) is -1.20. The van der Waals surface area contributed by atoms with E-state index in [1.807, 2.05) is 27.7 Å². The molecule has 1 aliphatic rings. The minimum atomic E-state index is -0.735. The van der Waals surface area contributed by atoms with Crippen LogP contribution in [0.4, 0.5) is 10.6 Å². The van der Waals surface area contributed by atoms with Crippen LogP contribution < -0.4 is 10.8 Å². The molecule has 0 radical (unpaired) electrons. The maximum Gasteiger partial charge on any atom is 0.500 e. The third-order valence-corrected chi connectivity index (χ3v) is 4.37. The Hall–Kier alpha value is -1.31. The highest BCUT2D eigenvalue weighted by Gasteiger charge is 2.53. The highest BCUT2D eigenvalue weighted by molar-refractivity contribution is 6.67. The first-order valence-corrected chi connectivity index (χ1v) is 8.20. The quantitative estimate of drug-likeness (QED) is 0.825. The van der Waals surface area contributed by atoms with E-state index in [2.05, 4.69) is 10.3 Å². The Balaban J connectivity index is 2.30. The van der Waals surface area contributed by atoms with Crippen molar-refractivity contribution in [1.82, 2.24) is 4.98 Å². The molecule has 0 spiro atoms. The molecule has 0 aliphatic carbocycles. The number of anilines is 1. The van der Waals surface area contributed by atoms with Crippen LogP contribution in [0, 0.1) is 0 Å². The van der Waals surface area contributed by atoms with Crippen LogP contribution in [0.5, 0.6) is 0 Å². The first-order valence-electron chi connectivity index (χ1n) is 7.82. The van der Waals surface area contributed by atoms with E-state index in [9.17, 15) is 4.79 Å². The van der Waals surface area contributed by atoms with E-state index in [1.54, 1.807) is 26.8 Å². The lowest BCUT2D eigenvalue weighted by Crippen LogP contribution is -2.41. The molecule has 1 aliphatic heterocycles. The molecule has 0 aromatic carbocycles. The van der Waals surface area contributed by atoms with Gasteiger partial charge in [-0.3, -0.25) is 5.32 Å². The van der Waals surface area contributed by atoms with Crippen molar-refractivity contribution in [2.75, 3.05) is 5.32 Å². The average Bonchev–Trinajstić information content (AvgIpc) is 2.55. The second kappa shape index (κ2) is 6.21. The van der Waals surface area contributed by atoms with Crippen LogP contribution >= 0.6 is 11.6 Å². The Morgan fingerprint density at radius 3 is 2.29 bits per heavy atom. The summed E-state index contributed by atoms with van der Waals surface area (Å²) in [6.45, 7) is 13.1. The summed E-state index contributed by atoms with van der Waals surface area (Å²) in [5.74, 6) is 0.259. The van der Waals surface area contributed by atoms with Crippen molar-refractivity contribution in [3.63, 3.8) is 0 Å². The number of nitrogens with zero attached hydrogens (tertiary/aromatic N) is 1. The summed E-state index contributed by atoms with van der Waals surface area (Å²) < 4.78 is 17.3. The van der Waals surface area contributed by atoms with Gasteiger partial charge in [0.1, 0.15) is 11.4 Å². The third-order valence-electron chi connectivity index (χ3n) is 4.05. The van der Waals surface area contributed by atoms with Gasteiger partial charge in [-0.2, -0.15) is 0 Å². The Bertz CT molecular complexity index is 627. The number of carbonyl (C=O) groups is 1. The van der Waals surface area contributed by atoms with Crippen molar-refractivity contribution in [2.45, 2.75) is 65.3 Å². The number of amides is 1. The fraction of sp³-hybridized carbons (Fsp3) is 0.625. The Morgan fingerprint density at radius 1 is 1.25 bits per heavy atom. The van der Waals surface area contributed by atoms with Crippen molar-refractivity contribution in [2.24, 2.45) is 0 Å². The lowest BCUT2D eigenvalue weighted by atomic mass is 9.79. The maximum atomic E-state index is 12.1. The second-order valence-electron chi connectivity index (χ2n) is 7.77. The standard InChI is InChI=1S/C16H24BClN2O4/c1-14(2,3)22-13(21)20-12-11(10(18)8-9-19-12)17-23-15(4,5)16(6,7)24-17/h8-9H,1-7H3,(H,19,20,21). The number of hydrogen-bond acceptors (Lipinski definition) is 5. The minimum absolute atomic E-state index is 0.259. The number of rotatable bonds is 2. The van der Waals surface area contributed by atoms with E-state index in [4.69, 9.17) is 25.6 Å². The lowest BCUT2D eigenvalue weighted by Gasteiger charge is -2.32. The van der Waals surface area contributed by atoms with E-state index in [-0.39, 0.29) is 5.82 Å². The topological polar surface area (TPSA) is 69.7 Å². The molecule has 2 rings (SSSR count). The Labute approximate surface area is 148 Å². The zero-order valence-corrected chi connectivity index (χ0v) is 15.9. The van der Waals surface area contributed by atoms with Gasteiger partial charge in [0.15, 0.2) is 0 Å². The predicted octanol–water partition coefficient (Wildman–Crippen LogP) is 3.38. The molecule has 0 atom stereocenters. The molecule has 1 amide bonds. The van der Waals surface area contributed by atoms with Crippen molar-refractivity contribution >= 4 is 36.1 Å². The second-order valence-corrected chi connectivity index (χ2v) is 8.18. The normalized spacial score (nSPS) is 19.2. The van der Waals surface area contributed by atoms with E-state index in [0.717, 1.165) is 0 Å². The lowest BCUT2D eigenvalue weighted by molar-refractivity contribution is 0.00578. The molecule has 1 aromatic rings. The van der Waals surface area contributed by atoms with Crippen LogP contribution in [0.3, 0.4) is 0 Å². The van der Waals surface area contributed by atoms with Crippen LogP contribution in [0.15, 0.2) is 12.3 Å². The van der Waals surface area contributed by atoms with Gasteiger partial charge in [0, 0.05) is 16.7 Å². The molecule has 0 saturated carbocycles. The molecular formula is C16H24BClN2O4. The fourth-order valence-electron chi connectivity index (χ4n) is 2.13. The fourth-order valence-corrected chi connectivity index (χ4v) is 2.37. The van der Waals surface area contributed by atoms with E-state index in [0.29, 0.717) is 10.5 Å². The summed E-state index contributed by atoms with van der Waals surface area (Å²) >= 11 is 6.32. The van der Waals surface area contributed by atoms with Crippen LogP contribution in [-0.4, -0.2) is 35.0 Å². The van der Waals surface area contributed by atoms with Gasteiger partial charge in [-0.1, -0.05) is 11.6 Å². The molecular weight excluding hydrogens is 330 g/mol. The van der Waals surface area contributed by atoms with Crippen molar-refractivity contribution in [3.8, 4) is 0 Å². The van der Waals surface area contributed by atoms with Gasteiger partial charge in [-0.05, 0) is 54.5 Å². The van der Waals surface area contributed by atoms with Gasteiger partial charge in [-0.15, -0.1) is 0 Å².